The minimum atomic E-state index is -3.33. The van der Waals surface area contributed by atoms with Gasteiger partial charge in [-0.3, -0.25) is 4.90 Å². The van der Waals surface area contributed by atoms with Crippen molar-refractivity contribution < 1.29 is 8.42 Å². The molecule has 0 saturated carbocycles. The predicted molar refractivity (Wildman–Crippen MR) is 99.4 cm³/mol. The van der Waals surface area contributed by atoms with Gasteiger partial charge in [-0.1, -0.05) is 26.0 Å². The highest BCUT2D eigenvalue weighted by molar-refractivity contribution is 7.86. The lowest BCUT2D eigenvalue weighted by Gasteiger charge is -2.36. The second kappa shape index (κ2) is 7.41. The number of hydrogen-bond donors (Lipinski definition) is 0. The molecule has 1 aliphatic rings. The summed E-state index contributed by atoms with van der Waals surface area (Å²) in [6.45, 7) is 8.03. The lowest BCUT2D eigenvalue weighted by molar-refractivity contribution is 0.171. The molecule has 0 spiro atoms. The summed E-state index contributed by atoms with van der Waals surface area (Å²) < 4.78 is 30.4. The van der Waals surface area contributed by atoms with Crippen LogP contribution in [0.25, 0.3) is 11.0 Å². The van der Waals surface area contributed by atoms with Crippen molar-refractivity contribution in [1.29, 1.82) is 0 Å². The van der Waals surface area contributed by atoms with Crippen molar-refractivity contribution in [3.05, 3.63) is 30.1 Å². The van der Waals surface area contributed by atoms with Crippen LogP contribution in [0.5, 0.6) is 0 Å². The number of aryl methyl sites for hydroxylation is 1. The Hall–Kier alpha value is -1.48. The summed E-state index contributed by atoms with van der Waals surface area (Å²) in [5.74, 6) is 1.02. The number of hydrogen-bond acceptors (Lipinski definition) is 4. The molecule has 2 heterocycles. The maximum Gasteiger partial charge on any atom is 0.282 e. The second-order valence-electron chi connectivity index (χ2n) is 6.34. The van der Waals surface area contributed by atoms with Crippen molar-refractivity contribution in [3.8, 4) is 0 Å². The zero-order chi connectivity index (χ0) is 18.0. The summed E-state index contributed by atoms with van der Waals surface area (Å²) >= 11 is 0. The maximum atomic E-state index is 12.6. The lowest BCUT2D eigenvalue weighted by atomic mass is 10.3. The summed E-state index contributed by atoms with van der Waals surface area (Å²) in [6.07, 6.45) is 0. The van der Waals surface area contributed by atoms with Crippen molar-refractivity contribution in [2.24, 2.45) is 7.05 Å². The lowest BCUT2D eigenvalue weighted by Crippen LogP contribution is -2.52. The van der Waals surface area contributed by atoms with E-state index in [4.69, 9.17) is 4.98 Å². The van der Waals surface area contributed by atoms with Crippen LogP contribution in [0.1, 0.15) is 19.7 Å². The molecule has 25 heavy (non-hydrogen) atoms. The van der Waals surface area contributed by atoms with E-state index in [1.54, 1.807) is 4.31 Å². The Morgan fingerprint density at radius 2 is 1.72 bits per heavy atom. The molecule has 0 bridgehead atoms. The molecule has 8 heteroatoms. The largest absolute Gasteiger partial charge is 0.330 e. The van der Waals surface area contributed by atoms with Crippen molar-refractivity contribution in [2.45, 2.75) is 20.4 Å². The van der Waals surface area contributed by atoms with Crippen LogP contribution in [0, 0.1) is 0 Å². The minimum Gasteiger partial charge on any atom is -0.330 e. The van der Waals surface area contributed by atoms with E-state index in [1.165, 1.54) is 4.31 Å². The fourth-order valence-electron chi connectivity index (χ4n) is 3.37. The number of rotatable bonds is 6. The number of piperazine rings is 1. The molecule has 1 aliphatic heterocycles. The molecule has 0 N–H and O–H groups in total. The van der Waals surface area contributed by atoms with Crippen LogP contribution in [0.15, 0.2) is 24.3 Å². The van der Waals surface area contributed by atoms with Gasteiger partial charge in [0, 0.05) is 46.3 Å². The third-order valence-electron chi connectivity index (χ3n) is 4.93. The van der Waals surface area contributed by atoms with Crippen LogP contribution < -0.4 is 0 Å². The predicted octanol–water partition coefficient (Wildman–Crippen LogP) is 1.28. The molecule has 0 amide bonds. The van der Waals surface area contributed by atoms with Crippen LogP contribution in [0.2, 0.25) is 0 Å². The minimum absolute atomic E-state index is 0.513. The van der Waals surface area contributed by atoms with E-state index in [0.717, 1.165) is 36.5 Å². The molecule has 1 aromatic carbocycles. The van der Waals surface area contributed by atoms with E-state index in [9.17, 15) is 8.42 Å². The first-order valence-electron chi connectivity index (χ1n) is 8.85. The quantitative estimate of drug-likeness (QED) is 0.774. The molecule has 0 aliphatic carbocycles. The smallest absolute Gasteiger partial charge is 0.282 e. The topological polar surface area (TPSA) is 61.7 Å². The van der Waals surface area contributed by atoms with E-state index in [0.29, 0.717) is 26.2 Å². The summed E-state index contributed by atoms with van der Waals surface area (Å²) in [4.78, 5) is 6.98. The monoisotopic (exact) mass is 365 g/mol. The van der Waals surface area contributed by atoms with Gasteiger partial charge >= 0.3 is 0 Å². The first-order chi connectivity index (χ1) is 12.0. The van der Waals surface area contributed by atoms with E-state index >= 15 is 0 Å². The maximum absolute atomic E-state index is 12.6. The molecule has 1 saturated heterocycles. The second-order valence-corrected chi connectivity index (χ2v) is 8.27. The summed E-state index contributed by atoms with van der Waals surface area (Å²) in [7, 11) is -1.30. The van der Waals surface area contributed by atoms with Crippen molar-refractivity contribution >= 4 is 21.2 Å². The van der Waals surface area contributed by atoms with Gasteiger partial charge in [-0.15, -0.1) is 0 Å². The highest BCUT2D eigenvalue weighted by Crippen LogP contribution is 2.17. The molecule has 2 aromatic rings. The summed E-state index contributed by atoms with van der Waals surface area (Å²) in [5, 5.41) is 0. The third-order valence-corrected chi connectivity index (χ3v) is 7.12. The average Bonchev–Trinajstić information content (AvgIpc) is 2.92. The van der Waals surface area contributed by atoms with Gasteiger partial charge in [0.2, 0.25) is 0 Å². The molecule has 7 nitrogen and oxygen atoms in total. The van der Waals surface area contributed by atoms with Crippen LogP contribution in [0.3, 0.4) is 0 Å². The molecule has 3 rings (SSSR count). The van der Waals surface area contributed by atoms with Gasteiger partial charge in [0.1, 0.15) is 5.82 Å². The van der Waals surface area contributed by atoms with Gasteiger partial charge in [0.15, 0.2) is 0 Å². The van der Waals surface area contributed by atoms with Crippen LogP contribution in [-0.2, 0) is 23.8 Å². The molecule has 1 fully saturated rings. The third kappa shape index (κ3) is 3.57. The summed E-state index contributed by atoms with van der Waals surface area (Å²) in [6, 6.07) is 8.11. The Bertz CT molecular complexity index is 821. The molecule has 0 atom stereocenters. The normalized spacial score (nSPS) is 17.6. The van der Waals surface area contributed by atoms with Crippen LogP contribution >= 0.6 is 0 Å². The fourth-order valence-corrected chi connectivity index (χ4v) is 4.97. The number of nitrogens with zero attached hydrogens (tertiary/aromatic N) is 5. The van der Waals surface area contributed by atoms with Crippen molar-refractivity contribution in [3.63, 3.8) is 0 Å². The van der Waals surface area contributed by atoms with Crippen molar-refractivity contribution in [1.82, 2.24) is 23.1 Å². The summed E-state index contributed by atoms with van der Waals surface area (Å²) in [5.41, 5.74) is 2.13. The average molecular weight is 366 g/mol. The van der Waals surface area contributed by atoms with Gasteiger partial charge in [-0.2, -0.15) is 17.0 Å². The zero-order valence-electron chi connectivity index (χ0n) is 15.2. The van der Waals surface area contributed by atoms with Gasteiger partial charge in [-0.25, -0.2) is 4.98 Å². The molecular weight excluding hydrogens is 338 g/mol. The van der Waals surface area contributed by atoms with E-state index in [2.05, 4.69) is 15.5 Å². The Balaban J connectivity index is 1.65. The fraction of sp³-hybridized carbons (Fsp3) is 0.588. The Kier molecular flexibility index (Phi) is 5.43. The Morgan fingerprint density at radius 3 is 2.32 bits per heavy atom. The molecule has 0 radical (unpaired) electrons. The zero-order valence-corrected chi connectivity index (χ0v) is 16.0. The van der Waals surface area contributed by atoms with Gasteiger partial charge in [0.25, 0.3) is 10.2 Å². The Labute approximate surface area is 150 Å². The van der Waals surface area contributed by atoms with Crippen LogP contribution in [-0.4, -0.2) is 70.7 Å². The number of fused-ring (bicyclic) bond motifs is 1. The molecule has 138 valence electrons. The van der Waals surface area contributed by atoms with E-state index in [-0.39, 0.29) is 0 Å². The number of para-hydroxylation sites is 2. The standard InChI is InChI=1S/C17H27N5O2S/c1-4-21(5-2)25(23,24)22-12-10-20(11-13-22)14-17-18-15-8-6-7-9-16(15)19(17)3/h6-9H,4-5,10-14H2,1-3H3. The number of aromatic nitrogens is 2. The van der Waals surface area contributed by atoms with E-state index < -0.39 is 10.2 Å². The highest BCUT2D eigenvalue weighted by Gasteiger charge is 2.31. The molecular formula is C17H27N5O2S. The number of benzene rings is 1. The van der Waals surface area contributed by atoms with E-state index in [1.807, 2.05) is 39.1 Å². The van der Waals surface area contributed by atoms with Gasteiger partial charge in [-0.05, 0) is 12.1 Å². The first-order valence-corrected chi connectivity index (χ1v) is 10.2. The Morgan fingerprint density at radius 1 is 1.08 bits per heavy atom. The van der Waals surface area contributed by atoms with Crippen LogP contribution in [0.4, 0.5) is 0 Å². The first kappa shape index (κ1) is 18.3. The highest BCUT2D eigenvalue weighted by atomic mass is 32.2. The van der Waals surface area contributed by atoms with Gasteiger partial charge < -0.3 is 4.57 Å². The molecule has 1 aromatic heterocycles. The number of imidazole rings is 1. The molecule has 0 unspecified atom stereocenters. The van der Waals surface area contributed by atoms with Crippen molar-refractivity contribution in [2.75, 3.05) is 39.3 Å². The van der Waals surface area contributed by atoms with Gasteiger partial charge in [0.05, 0.1) is 17.6 Å². The SMILES string of the molecule is CCN(CC)S(=O)(=O)N1CCN(Cc2nc3ccccc3n2C)CC1.